The minimum absolute atomic E-state index is 0.187. The zero-order valence-corrected chi connectivity index (χ0v) is 18.7. The molecular weight excluding hydrogens is 400 g/mol. The summed E-state index contributed by atoms with van der Waals surface area (Å²) < 4.78 is 33.1. The number of carbonyl (C=O) groups is 1. The van der Waals surface area contributed by atoms with E-state index in [0.717, 1.165) is 12.0 Å². The van der Waals surface area contributed by atoms with Crippen molar-refractivity contribution in [2.45, 2.75) is 44.6 Å². The Morgan fingerprint density at radius 1 is 1.07 bits per heavy atom. The molecule has 2 aromatic rings. The van der Waals surface area contributed by atoms with Crippen LogP contribution in [-0.2, 0) is 27.6 Å². The number of morpholine rings is 1. The molecule has 0 spiro atoms. The SMILES string of the molecule is CCc1ccc(C(C)NC(=O)c2ccc(CC)c(S(=O)(=O)N3CCOCC3)c2)cc1. The van der Waals surface area contributed by atoms with Crippen LogP contribution in [0.5, 0.6) is 0 Å². The molecule has 0 saturated carbocycles. The van der Waals surface area contributed by atoms with Crippen molar-refractivity contribution in [2.75, 3.05) is 26.3 Å². The smallest absolute Gasteiger partial charge is 0.251 e. The summed E-state index contributed by atoms with van der Waals surface area (Å²) in [6.45, 7) is 7.35. The van der Waals surface area contributed by atoms with E-state index in [2.05, 4.69) is 24.4 Å². The van der Waals surface area contributed by atoms with Gasteiger partial charge in [0.05, 0.1) is 24.2 Å². The molecule has 0 aromatic heterocycles. The van der Waals surface area contributed by atoms with Crippen molar-refractivity contribution < 1.29 is 17.9 Å². The maximum absolute atomic E-state index is 13.2. The molecule has 0 bridgehead atoms. The number of ether oxygens (including phenoxy) is 1. The molecule has 2 aromatic carbocycles. The lowest BCUT2D eigenvalue weighted by molar-refractivity contribution is 0.0730. The topological polar surface area (TPSA) is 75.7 Å². The van der Waals surface area contributed by atoms with Crippen molar-refractivity contribution in [3.63, 3.8) is 0 Å². The predicted octanol–water partition coefficient (Wildman–Crippen LogP) is 3.32. The van der Waals surface area contributed by atoms with Crippen molar-refractivity contribution in [1.82, 2.24) is 9.62 Å². The number of rotatable bonds is 7. The van der Waals surface area contributed by atoms with E-state index in [9.17, 15) is 13.2 Å². The van der Waals surface area contributed by atoms with E-state index < -0.39 is 10.0 Å². The maximum Gasteiger partial charge on any atom is 0.251 e. The van der Waals surface area contributed by atoms with E-state index in [4.69, 9.17) is 4.74 Å². The second-order valence-corrected chi connectivity index (χ2v) is 9.39. The third-order valence-corrected chi connectivity index (χ3v) is 7.51. The van der Waals surface area contributed by atoms with Gasteiger partial charge >= 0.3 is 0 Å². The number of hydrogen-bond donors (Lipinski definition) is 1. The van der Waals surface area contributed by atoms with Crippen LogP contribution < -0.4 is 5.32 Å². The standard InChI is InChI=1S/C23H30N2O4S/c1-4-18-6-8-20(9-7-18)17(3)24-23(26)21-11-10-19(5-2)22(16-21)30(27,28)25-12-14-29-15-13-25/h6-11,16-17H,4-5,12-15H2,1-3H3,(H,24,26). The Morgan fingerprint density at radius 3 is 2.33 bits per heavy atom. The number of amides is 1. The summed E-state index contributed by atoms with van der Waals surface area (Å²) in [7, 11) is -3.68. The lowest BCUT2D eigenvalue weighted by atomic mass is 10.0. The van der Waals surface area contributed by atoms with Crippen LogP contribution in [0.4, 0.5) is 0 Å². The molecule has 7 heteroatoms. The van der Waals surface area contributed by atoms with Crippen molar-refractivity contribution in [2.24, 2.45) is 0 Å². The Morgan fingerprint density at radius 2 is 1.73 bits per heavy atom. The van der Waals surface area contributed by atoms with Gasteiger partial charge < -0.3 is 10.1 Å². The maximum atomic E-state index is 13.2. The van der Waals surface area contributed by atoms with E-state index in [1.807, 2.05) is 26.0 Å². The summed E-state index contributed by atoms with van der Waals surface area (Å²) in [5.41, 5.74) is 3.30. The fourth-order valence-electron chi connectivity index (χ4n) is 3.56. The third kappa shape index (κ3) is 4.91. The number of nitrogens with one attached hydrogen (secondary N) is 1. The van der Waals surface area contributed by atoms with Crippen molar-refractivity contribution in [1.29, 1.82) is 0 Å². The highest BCUT2D eigenvalue weighted by atomic mass is 32.2. The number of nitrogens with zero attached hydrogens (tertiary/aromatic N) is 1. The van der Waals surface area contributed by atoms with Gasteiger partial charge in [-0.2, -0.15) is 4.31 Å². The van der Waals surface area contributed by atoms with Crippen LogP contribution in [0.1, 0.15) is 53.9 Å². The fraction of sp³-hybridized carbons (Fsp3) is 0.435. The van der Waals surface area contributed by atoms with Gasteiger partial charge in [0, 0.05) is 18.7 Å². The molecule has 1 aliphatic rings. The van der Waals surface area contributed by atoms with Crippen LogP contribution in [0.15, 0.2) is 47.4 Å². The molecule has 1 unspecified atom stereocenters. The molecular formula is C23H30N2O4S. The Kier molecular flexibility index (Phi) is 7.28. The number of sulfonamides is 1. The Hall–Kier alpha value is -2.22. The number of aryl methyl sites for hydroxylation is 2. The summed E-state index contributed by atoms with van der Waals surface area (Å²) in [5.74, 6) is -0.289. The fourth-order valence-corrected chi connectivity index (χ4v) is 5.29. The molecule has 1 N–H and O–H groups in total. The molecule has 6 nitrogen and oxygen atoms in total. The Labute approximate surface area is 179 Å². The summed E-state index contributed by atoms with van der Waals surface area (Å²) in [6.07, 6.45) is 1.53. The van der Waals surface area contributed by atoms with E-state index in [0.29, 0.717) is 43.9 Å². The van der Waals surface area contributed by atoms with Crippen LogP contribution in [-0.4, -0.2) is 44.9 Å². The van der Waals surface area contributed by atoms with Gasteiger partial charge in [0.1, 0.15) is 0 Å². The zero-order valence-electron chi connectivity index (χ0n) is 17.8. The molecule has 1 heterocycles. The van der Waals surface area contributed by atoms with Gasteiger partial charge in [-0.15, -0.1) is 0 Å². The summed E-state index contributed by atoms with van der Waals surface area (Å²) in [6, 6.07) is 12.9. The highest BCUT2D eigenvalue weighted by Crippen LogP contribution is 2.24. The largest absolute Gasteiger partial charge is 0.379 e. The van der Waals surface area contributed by atoms with Gasteiger partial charge in [0.25, 0.3) is 5.91 Å². The predicted molar refractivity (Wildman–Crippen MR) is 117 cm³/mol. The van der Waals surface area contributed by atoms with E-state index in [1.165, 1.54) is 15.9 Å². The van der Waals surface area contributed by atoms with Gasteiger partial charge in [-0.3, -0.25) is 4.79 Å². The van der Waals surface area contributed by atoms with E-state index in [1.54, 1.807) is 12.1 Å². The first-order valence-corrected chi connectivity index (χ1v) is 11.9. The summed E-state index contributed by atoms with van der Waals surface area (Å²) in [4.78, 5) is 13.1. The molecule has 162 valence electrons. The first-order chi connectivity index (χ1) is 14.4. The average Bonchev–Trinajstić information content (AvgIpc) is 2.79. The monoisotopic (exact) mass is 430 g/mol. The van der Waals surface area contributed by atoms with Gasteiger partial charge in [-0.05, 0) is 48.6 Å². The van der Waals surface area contributed by atoms with Crippen molar-refractivity contribution >= 4 is 15.9 Å². The van der Waals surface area contributed by atoms with Crippen molar-refractivity contribution in [3.05, 3.63) is 64.7 Å². The van der Waals surface area contributed by atoms with Gasteiger partial charge in [0.15, 0.2) is 0 Å². The number of benzene rings is 2. The van der Waals surface area contributed by atoms with E-state index in [-0.39, 0.29) is 16.8 Å². The molecule has 1 fully saturated rings. The Balaban J connectivity index is 1.83. The highest BCUT2D eigenvalue weighted by Gasteiger charge is 2.29. The second-order valence-electron chi connectivity index (χ2n) is 7.48. The van der Waals surface area contributed by atoms with Crippen molar-refractivity contribution in [3.8, 4) is 0 Å². The van der Waals surface area contributed by atoms with Crippen LogP contribution in [0, 0.1) is 0 Å². The number of hydrogen-bond acceptors (Lipinski definition) is 4. The molecule has 3 rings (SSSR count). The highest BCUT2D eigenvalue weighted by molar-refractivity contribution is 7.89. The molecule has 1 aliphatic heterocycles. The summed E-state index contributed by atoms with van der Waals surface area (Å²) in [5, 5.41) is 2.98. The van der Waals surface area contributed by atoms with Gasteiger partial charge in [-0.1, -0.05) is 44.2 Å². The molecule has 0 radical (unpaired) electrons. The minimum atomic E-state index is -3.68. The first-order valence-electron chi connectivity index (χ1n) is 10.5. The molecule has 30 heavy (non-hydrogen) atoms. The molecule has 1 saturated heterocycles. The zero-order chi connectivity index (χ0) is 21.7. The normalized spacial score (nSPS) is 16.2. The van der Waals surface area contributed by atoms with Crippen LogP contribution in [0.25, 0.3) is 0 Å². The molecule has 1 atom stereocenters. The third-order valence-electron chi connectivity index (χ3n) is 5.53. The summed E-state index contributed by atoms with van der Waals surface area (Å²) >= 11 is 0. The lowest BCUT2D eigenvalue weighted by Gasteiger charge is -2.27. The Bertz CT molecular complexity index is 981. The lowest BCUT2D eigenvalue weighted by Crippen LogP contribution is -2.41. The quantitative estimate of drug-likeness (QED) is 0.731. The van der Waals surface area contributed by atoms with E-state index >= 15 is 0 Å². The van der Waals surface area contributed by atoms with Crippen LogP contribution in [0.2, 0.25) is 0 Å². The molecule has 0 aliphatic carbocycles. The van der Waals surface area contributed by atoms with Crippen LogP contribution >= 0.6 is 0 Å². The van der Waals surface area contributed by atoms with Gasteiger partial charge in [-0.25, -0.2) is 8.42 Å². The van der Waals surface area contributed by atoms with Crippen LogP contribution in [0.3, 0.4) is 0 Å². The average molecular weight is 431 g/mol. The van der Waals surface area contributed by atoms with Gasteiger partial charge in [0.2, 0.25) is 10.0 Å². The molecule has 1 amide bonds. The number of carbonyl (C=O) groups excluding carboxylic acids is 1. The minimum Gasteiger partial charge on any atom is -0.379 e. The first kappa shape index (κ1) is 22.5. The second kappa shape index (κ2) is 9.73.